The lowest BCUT2D eigenvalue weighted by atomic mass is 10.1. The number of hydrogen-bond acceptors (Lipinski definition) is 3. The van der Waals surface area contributed by atoms with E-state index in [0.29, 0.717) is 0 Å². The van der Waals surface area contributed by atoms with Crippen LogP contribution in [-0.4, -0.2) is 16.7 Å². The zero-order chi connectivity index (χ0) is 7.40. The molecule has 0 saturated heterocycles. The molecule has 12 heavy (non-hydrogen) atoms. The number of aromatic nitrogens is 1. The molecular weight excluding hydrogens is 199 g/mol. The van der Waals surface area contributed by atoms with Crippen molar-refractivity contribution < 1.29 is 5.11 Å². The van der Waals surface area contributed by atoms with Gasteiger partial charge in [0.2, 0.25) is 0 Å². The first-order chi connectivity index (χ1) is 4.84. The molecule has 0 radical (unpaired) electrons. The number of aliphatic hydroxyl groups excluding tert-OH is 1. The van der Waals surface area contributed by atoms with Gasteiger partial charge in [0.25, 0.3) is 0 Å². The summed E-state index contributed by atoms with van der Waals surface area (Å²) in [6, 6.07) is 3.34. The minimum absolute atomic E-state index is 0. The van der Waals surface area contributed by atoms with E-state index in [-0.39, 0.29) is 37.5 Å². The summed E-state index contributed by atoms with van der Waals surface area (Å²) in [6.45, 7) is -0.0360. The minimum atomic E-state index is -0.298. The summed E-state index contributed by atoms with van der Waals surface area (Å²) in [4.78, 5) is 3.86. The number of nitrogens with two attached hydrogens (primary N) is 1. The predicted molar refractivity (Wildman–Crippen MR) is 52.7 cm³/mol. The molecule has 1 rings (SSSR count). The molecule has 1 atom stereocenters. The van der Waals surface area contributed by atoms with E-state index in [1.54, 1.807) is 18.5 Å². The van der Waals surface area contributed by atoms with Gasteiger partial charge >= 0.3 is 0 Å². The average molecular weight is 211 g/mol. The Labute approximate surface area is 83.8 Å². The second kappa shape index (κ2) is 7.31. The summed E-state index contributed by atoms with van der Waals surface area (Å²) in [6.07, 6.45) is 3.33. The standard InChI is InChI=1S/C7H10N2O.2ClH/c8-7(5-10)6-2-1-3-9-4-6;;/h1-4,7,10H,5,8H2;2*1H/t7-;;/m0../s1. The highest BCUT2D eigenvalue weighted by atomic mass is 35.5. The van der Waals surface area contributed by atoms with Crippen LogP contribution in [0.5, 0.6) is 0 Å². The maximum atomic E-state index is 8.64. The van der Waals surface area contributed by atoms with Crippen LogP contribution >= 0.6 is 24.8 Å². The van der Waals surface area contributed by atoms with E-state index in [1.807, 2.05) is 6.07 Å². The molecule has 0 spiro atoms. The van der Waals surface area contributed by atoms with Gasteiger partial charge in [0, 0.05) is 12.4 Å². The molecule has 0 saturated carbocycles. The fraction of sp³-hybridized carbons (Fsp3) is 0.286. The fourth-order valence-electron chi connectivity index (χ4n) is 0.701. The van der Waals surface area contributed by atoms with E-state index < -0.39 is 0 Å². The van der Waals surface area contributed by atoms with Crippen LogP contribution in [0.4, 0.5) is 0 Å². The molecule has 5 heteroatoms. The van der Waals surface area contributed by atoms with Crippen molar-refractivity contribution in [2.24, 2.45) is 5.73 Å². The predicted octanol–water partition coefficient (Wildman–Crippen LogP) is 0.917. The van der Waals surface area contributed by atoms with Crippen molar-refractivity contribution in [3.05, 3.63) is 30.1 Å². The Morgan fingerprint density at radius 1 is 1.50 bits per heavy atom. The van der Waals surface area contributed by atoms with Crippen LogP contribution in [-0.2, 0) is 0 Å². The third-order valence-electron chi connectivity index (χ3n) is 1.31. The Morgan fingerprint density at radius 2 is 2.17 bits per heavy atom. The number of nitrogens with zero attached hydrogens (tertiary/aromatic N) is 1. The number of rotatable bonds is 2. The Kier molecular flexibility index (Phi) is 8.64. The van der Waals surface area contributed by atoms with Crippen molar-refractivity contribution in [1.29, 1.82) is 0 Å². The van der Waals surface area contributed by atoms with Gasteiger partial charge in [-0.05, 0) is 11.6 Å². The summed E-state index contributed by atoms with van der Waals surface area (Å²) < 4.78 is 0. The second-order valence-electron chi connectivity index (χ2n) is 2.08. The molecule has 3 N–H and O–H groups in total. The maximum absolute atomic E-state index is 8.64. The van der Waals surface area contributed by atoms with E-state index >= 15 is 0 Å². The molecule has 0 fully saturated rings. The van der Waals surface area contributed by atoms with Gasteiger partial charge in [-0.15, -0.1) is 24.8 Å². The molecule has 0 aromatic carbocycles. The van der Waals surface area contributed by atoms with Gasteiger partial charge < -0.3 is 10.8 Å². The second-order valence-corrected chi connectivity index (χ2v) is 2.08. The normalized spacial score (nSPS) is 10.8. The lowest BCUT2D eigenvalue weighted by Gasteiger charge is -2.05. The number of hydrogen-bond donors (Lipinski definition) is 2. The van der Waals surface area contributed by atoms with Crippen molar-refractivity contribution >= 4 is 24.8 Å². The average Bonchev–Trinajstić information content (AvgIpc) is 2.05. The van der Waals surface area contributed by atoms with Crippen LogP contribution in [0.25, 0.3) is 0 Å². The Hall–Kier alpha value is -0.350. The highest BCUT2D eigenvalue weighted by Crippen LogP contribution is 2.05. The Bertz CT molecular complexity index is 196. The van der Waals surface area contributed by atoms with Gasteiger partial charge in [0.05, 0.1) is 12.6 Å². The smallest absolute Gasteiger partial charge is 0.0624 e. The molecule has 1 aromatic heterocycles. The third-order valence-corrected chi connectivity index (χ3v) is 1.31. The maximum Gasteiger partial charge on any atom is 0.0624 e. The SMILES string of the molecule is Cl.Cl.N[C@@H](CO)c1cccnc1. The van der Waals surface area contributed by atoms with Crippen LogP contribution < -0.4 is 5.73 Å². The molecule has 0 unspecified atom stereocenters. The van der Waals surface area contributed by atoms with Gasteiger partial charge in [0.1, 0.15) is 0 Å². The lowest BCUT2D eigenvalue weighted by molar-refractivity contribution is 0.268. The highest BCUT2D eigenvalue weighted by molar-refractivity contribution is 5.85. The van der Waals surface area contributed by atoms with E-state index in [4.69, 9.17) is 10.8 Å². The van der Waals surface area contributed by atoms with Crippen molar-refractivity contribution in [2.45, 2.75) is 6.04 Å². The van der Waals surface area contributed by atoms with Crippen LogP contribution in [0.1, 0.15) is 11.6 Å². The van der Waals surface area contributed by atoms with Crippen molar-refractivity contribution in [2.75, 3.05) is 6.61 Å². The van der Waals surface area contributed by atoms with Crippen molar-refractivity contribution in [1.82, 2.24) is 4.98 Å². The summed E-state index contributed by atoms with van der Waals surface area (Å²) in [5.41, 5.74) is 6.37. The summed E-state index contributed by atoms with van der Waals surface area (Å²) in [7, 11) is 0. The van der Waals surface area contributed by atoms with Crippen molar-refractivity contribution in [3.63, 3.8) is 0 Å². The summed E-state index contributed by atoms with van der Waals surface area (Å²) in [5, 5.41) is 8.64. The third kappa shape index (κ3) is 3.88. The van der Waals surface area contributed by atoms with Crippen LogP contribution in [0.15, 0.2) is 24.5 Å². The molecule has 0 aliphatic rings. The fourth-order valence-corrected chi connectivity index (χ4v) is 0.701. The molecule has 3 nitrogen and oxygen atoms in total. The summed E-state index contributed by atoms with van der Waals surface area (Å²) >= 11 is 0. The van der Waals surface area contributed by atoms with Gasteiger partial charge in [-0.1, -0.05) is 6.07 Å². The lowest BCUT2D eigenvalue weighted by Crippen LogP contribution is -2.14. The number of pyridine rings is 1. The van der Waals surface area contributed by atoms with E-state index in [0.717, 1.165) is 5.56 Å². The topological polar surface area (TPSA) is 59.1 Å². The van der Waals surface area contributed by atoms with Crippen LogP contribution in [0.2, 0.25) is 0 Å². The van der Waals surface area contributed by atoms with Crippen LogP contribution in [0, 0.1) is 0 Å². The summed E-state index contributed by atoms with van der Waals surface area (Å²) in [5.74, 6) is 0. The van der Waals surface area contributed by atoms with Gasteiger partial charge in [-0.2, -0.15) is 0 Å². The first-order valence-corrected chi connectivity index (χ1v) is 3.11. The molecule has 0 bridgehead atoms. The highest BCUT2D eigenvalue weighted by Gasteiger charge is 2.01. The van der Waals surface area contributed by atoms with Gasteiger partial charge in [0.15, 0.2) is 0 Å². The van der Waals surface area contributed by atoms with Gasteiger partial charge in [-0.25, -0.2) is 0 Å². The molecular formula is C7H12Cl2N2O. The molecule has 1 heterocycles. The zero-order valence-corrected chi connectivity index (χ0v) is 8.02. The van der Waals surface area contributed by atoms with E-state index in [2.05, 4.69) is 4.98 Å². The largest absolute Gasteiger partial charge is 0.394 e. The van der Waals surface area contributed by atoms with Crippen LogP contribution in [0.3, 0.4) is 0 Å². The number of aliphatic hydroxyl groups is 1. The Balaban J connectivity index is 0. The minimum Gasteiger partial charge on any atom is -0.394 e. The zero-order valence-electron chi connectivity index (χ0n) is 6.38. The van der Waals surface area contributed by atoms with E-state index in [9.17, 15) is 0 Å². The quantitative estimate of drug-likeness (QED) is 0.764. The van der Waals surface area contributed by atoms with E-state index in [1.165, 1.54) is 0 Å². The molecule has 0 aliphatic heterocycles. The van der Waals surface area contributed by atoms with Crippen molar-refractivity contribution in [3.8, 4) is 0 Å². The first kappa shape index (κ1) is 14.2. The van der Waals surface area contributed by atoms with Gasteiger partial charge in [-0.3, -0.25) is 4.98 Å². The molecule has 0 aliphatic carbocycles. The molecule has 1 aromatic rings. The first-order valence-electron chi connectivity index (χ1n) is 3.11. The monoisotopic (exact) mass is 210 g/mol. The molecule has 0 amide bonds. The Morgan fingerprint density at radius 3 is 2.58 bits per heavy atom. The number of halogens is 2. The molecule has 70 valence electrons.